The molecule has 10 heteroatoms. The molecule has 0 aliphatic heterocycles. The standard InChI is InChI=1S/C24H23N3O4S3/c1-26(34(30,31)22-12-7-13-32-22)27-21-11-6-5-10-19(21)20(23(27)24(25)29)14-18(15-28)33-16-17-8-3-2-4-9-17/h2-13,15,18H,14,16H2,1H3,(H2,25,29). The van der Waals surface area contributed by atoms with Crippen molar-refractivity contribution in [2.45, 2.75) is 21.6 Å². The summed E-state index contributed by atoms with van der Waals surface area (Å²) in [4.78, 5) is 24.6. The number of primary amides is 1. The van der Waals surface area contributed by atoms with Gasteiger partial charge in [0.05, 0.1) is 10.8 Å². The summed E-state index contributed by atoms with van der Waals surface area (Å²) in [6.45, 7) is 0. The summed E-state index contributed by atoms with van der Waals surface area (Å²) in [5.74, 6) is -0.140. The number of thiophene rings is 1. The zero-order valence-electron chi connectivity index (χ0n) is 18.3. The lowest BCUT2D eigenvalue weighted by Gasteiger charge is -2.23. The highest BCUT2D eigenvalue weighted by Crippen LogP contribution is 2.32. The average Bonchev–Trinajstić information content (AvgIpc) is 3.49. The van der Waals surface area contributed by atoms with Crippen molar-refractivity contribution in [2.75, 3.05) is 11.5 Å². The molecule has 1 atom stereocenters. The van der Waals surface area contributed by atoms with E-state index in [-0.39, 0.29) is 16.3 Å². The molecule has 0 aliphatic rings. The molecule has 2 N–H and O–H groups in total. The van der Waals surface area contributed by atoms with Crippen LogP contribution in [0.2, 0.25) is 0 Å². The van der Waals surface area contributed by atoms with E-state index in [1.165, 1.54) is 29.6 Å². The summed E-state index contributed by atoms with van der Waals surface area (Å²) in [5.41, 5.74) is 7.99. The van der Waals surface area contributed by atoms with Crippen LogP contribution in [0.1, 0.15) is 21.6 Å². The predicted octanol–water partition coefficient (Wildman–Crippen LogP) is 3.80. The first-order valence-electron chi connectivity index (χ1n) is 10.4. The number of para-hydroxylation sites is 1. The van der Waals surface area contributed by atoms with Crippen molar-refractivity contribution < 1.29 is 18.0 Å². The first-order valence-corrected chi connectivity index (χ1v) is 13.8. The number of sulfonamides is 1. The van der Waals surface area contributed by atoms with Crippen molar-refractivity contribution in [3.8, 4) is 0 Å². The van der Waals surface area contributed by atoms with E-state index < -0.39 is 21.2 Å². The van der Waals surface area contributed by atoms with Crippen LogP contribution >= 0.6 is 23.1 Å². The van der Waals surface area contributed by atoms with E-state index in [9.17, 15) is 18.0 Å². The number of hydrogen-bond donors (Lipinski definition) is 1. The third-order valence-electron chi connectivity index (χ3n) is 5.43. The van der Waals surface area contributed by atoms with Crippen LogP contribution in [0, 0.1) is 0 Å². The zero-order chi connectivity index (χ0) is 24.3. The van der Waals surface area contributed by atoms with Gasteiger partial charge in [-0.05, 0) is 35.1 Å². The van der Waals surface area contributed by atoms with Gasteiger partial charge in [0.15, 0.2) is 0 Å². The lowest BCUT2D eigenvalue weighted by Crippen LogP contribution is -2.39. The smallest absolute Gasteiger partial charge is 0.287 e. The van der Waals surface area contributed by atoms with Crippen LogP contribution in [0.25, 0.3) is 10.9 Å². The highest BCUT2D eigenvalue weighted by molar-refractivity contribution is 7.99. The van der Waals surface area contributed by atoms with Crippen LogP contribution in [-0.4, -0.2) is 37.6 Å². The van der Waals surface area contributed by atoms with E-state index >= 15 is 0 Å². The maximum absolute atomic E-state index is 13.3. The zero-order valence-corrected chi connectivity index (χ0v) is 20.8. The number of hydrogen-bond acceptors (Lipinski definition) is 6. The lowest BCUT2D eigenvalue weighted by atomic mass is 10.1. The van der Waals surface area contributed by atoms with Gasteiger partial charge in [0, 0.05) is 18.2 Å². The lowest BCUT2D eigenvalue weighted by molar-refractivity contribution is -0.107. The Morgan fingerprint density at radius 2 is 1.82 bits per heavy atom. The van der Waals surface area contributed by atoms with E-state index in [1.54, 1.807) is 23.6 Å². The van der Waals surface area contributed by atoms with Gasteiger partial charge in [-0.1, -0.05) is 54.6 Å². The molecule has 0 aliphatic carbocycles. The van der Waals surface area contributed by atoms with Crippen LogP contribution < -0.4 is 10.1 Å². The minimum atomic E-state index is -3.93. The summed E-state index contributed by atoms with van der Waals surface area (Å²) in [5, 5.41) is 1.90. The fourth-order valence-corrected chi connectivity index (χ4v) is 7.10. The number of aromatic nitrogens is 1. The Balaban J connectivity index is 1.78. The van der Waals surface area contributed by atoms with Gasteiger partial charge in [-0.3, -0.25) is 4.79 Å². The Labute approximate surface area is 206 Å². The number of amides is 1. The van der Waals surface area contributed by atoms with Crippen LogP contribution in [0.3, 0.4) is 0 Å². The monoisotopic (exact) mass is 513 g/mol. The highest BCUT2D eigenvalue weighted by atomic mass is 32.2. The van der Waals surface area contributed by atoms with Crippen molar-refractivity contribution in [3.63, 3.8) is 0 Å². The van der Waals surface area contributed by atoms with Crippen molar-refractivity contribution in [1.29, 1.82) is 0 Å². The summed E-state index contributed by atoms with van der Waals surface area (Å²) in [6, 6.07) is 20.1. The van der Waals surface area contributed by atoms with E-state index in [4.69, 9.17) is 5.73 Å². The number of aldehydes is 1. The van der Waals surface area contributed by atoms with Gasteiger partial charge >= 0.3 is 0 Å². The molecular weight excluding hydrogens is 490 g/mol. The molecule has 7 nitrogen and oxygen atoms in total. The first-order chi connectivity index (χ1) is 16.3. The first kappa shape index (κ1) is 24.1. The highest BCUT2D eigenvalue weighted by Gasteiger charge is 2.30. The maximum atomic E-state index is 13.3. The maximum Gasteiger partial charge on any atom is 0.287 e. The summed E-state index contributed by atoms with van der Waals surface area (Å²) in [6.07, 6.45) is 1.09. The Morgan fingerprint density at radius 1 is 1.12 bits per heavy atom. The number of rotatable bonds is 10. The van der Waals surface area contributed by atoms with Crippen molar-refractivity contribution in [2.24, 2.45) is 5.73 Å². The molecule has 0 bridgehead atoms. The predicted molar refractivity (Wildman–Crippen MR) is 137 cm³/mol. The number of carbonyl (C=O) groups excluding carboxylic acids is 2. The summed E-state index contributed by atoms with van der Waals surface area (Å²) >= 11 is 2.55. The van der Waals surface area contributed by atoms with Crippen LogP contribution in [0.5, 0.6) is 0 Å². The van der Waals surface area contributed by atoms with E-state index in [0.29, 0.717) is 22.2 Å². The molecule has 4 rings (SSSR count). The summed E-state index contributed by atoms with van der Waals surface area (Å²) in [7, 11) is -2.54. The molecule has 0 spiro atoms. The average molecular weight is 514 g/mol. The fourth-order valence-electron chi connectivity index (χ4n) is 3.81. The number of carbonyl (C=O) groups is 2. The molecule has 1 amide bonds. The van der Waals surface area contributed by atoms with Gasteiger partial charge in [0.25, 0.3) is 15.9 Å². The topological polar surface area (TPSA) is 102 Å². The molecule has 0 saturated carbocycles. The van der Waals surface area contributed by atoms with Gasteiger partial charge in [0.1, 0.15) is 16.2 Å². The van der Waals surface area contributed by atoms with Gasteiger partial charge in [-0.2, -0.15) is 8.42 Å². The molecule has 34 heavy (non-hydrogen) atoms. The third kappa shape index (κ3) is 4.61. The number of nitrogens with zero attached hydrogens (tertiary/aromatic N) is 2. The second kappa shape index (κ2) is 10.0. The minimum absolute atomic E-state index is 0.0518. The van der Waals surface area contributed by atoms with Crippen molar-refractivity contribution in [3.05, 3.63) is 88.9 Å². The third-order valence-corrected chi connectivity index (χ3v) is 9.72. The van der Waals surface area contributed by atoms with Crippen molar-refractivity contribution in [1.82, 2.24) is 4.68 Å². The van der Waals surface area contributed by atoms with E-state index in [1.807, 2.05) is 42.5 Å². The van der Waals surface area contributed by atoms with E-state index in [0.717, 1.165) is 27.6 Å². The second-order valence-electron chi connectivity index (χ2n) is 7.57. The van der Waals surface area contributed by atoms with Gasteiger partial charge < -0.3 is 10.5 Å². The van der Waals surface area contributed by atoms with Crippen LogP contribution in [-0.2, 0) is 27.0 Å². The second-order valence-corrected chi connectivity index (χ2v) is 11.9. The molecular formula is C24H23N3O4S3. The molecule has 4 aromatic rings. The molecule has 0 saturated heterocycles. The molecule has 1 unspecified atom stereocenters. The Kier molecular flexibility index (Phi) is 7.11. The quantitative estimate of drug-likeness (QED) is 0.325. The Morgan fingerprint density at radius 3 is 2.47 bits per heavy atom. The van der Waals surface area contributed by atoms with E-state index in [2.05, 4.69) is 0 Å². The molecule has 2 aromatic carbocycles. The molecule has 176 valence electrons. The number of fused-ring (bicyclic) bond motifs is 1. The Hall–Kier alpha value is -3.08. The minimum Gasteiger partial charge on any atom is -0.364 e. The van der Waals surface area contributed by atoms with Gasteiger partial charge in [-0.15, -0.1) is 23.1 Å². The number of thioether (sulfide) groups is 1. The van der Waals surface area contributed by atoms with Crippen LogP contribution in [0.15, 0.2) is 76.3 Å². The number of nitrogens with two attached hydrogens (primary N) is 1. The largest absolute Gasteiger partial charge is 0.364 e. The molecule has 2 heterocycles. The van der Waals surface area contributed by atoms with Gasteiger partial charge in [0.2, 0.25) is 0 Å². The van der Waals surface area contributed by atoms with Crippen molar-refractivity contribution >= 4 is 56.2 Å². The Bertz CT molecular complexity index is 1410. The SMILES string of the molecule is CN(n1c(C(N)=O)c(CC(C=O)SCc2ccccc2)c2ccccc21)S(=O)(=O)c1cccs1. The number of benzene rings is 2. The molecule has 2 aromatic heterocycles. The van der Waals surface area contributed by atoms with Gasteiger partial charge in [-0.25, -0.2) is 9.09 Å². The molecule has 0 fully saturated rings. The normalized spacial score (nSPS) is 12.5. The fraction of sp³-hybridized carbons (Fsp3) is 0.167. The molecule has 0 radical (unpaired) electrons. The van der Waals surface area contributed by atoms with Crippen LogP contribution in [0.4, 0.5) is 0 Å². The summed E-state index contributed by atoms with van der Waals surface area (Å²) < 4.78 is 29.1.